The lowest BCUT2D eigenvalue weighted by Gasteiger charge is -2.14. The molecule has 0 unspecified atom stereocenters. The number of phenolic OH excluding ortho intramolecular Hbond substituents is 1. The van der Waals surface area contributed by atoms with Crippen molar-refractivity contribution in [3.8, 4) is 5.75 Å². The largest absolute Gasteiger partial charge is 0.508 e. The number of nitrogens with one attached hydrogen (secondary N) is 2. The minimum atomic E-state index is 0.0394. The summed E-state index contributed by atoms with van der Waals surface area (Å²) in [5.74, 6) is 0.681. The van der Waals surface area contributed by atoms with Crippen molar-refractivity contribution in [1.29, 1.82) is 0 Å². The smallest absolute Gasteiger partial charge is 0.230 e. The van der Waals surface area contributed by atoms with Gasteiger partial charge in [-0.1, -0.05) is 11.6 Å². The van der Waals surface area contributed by atoms with Crippen molar-refractivity contribution in [2.24, 2.45) is 0 Å². The molecule has 1 aromatic carbocycles. The standard InChI is InChI=1S/C14H18N2O2S/c17-12-1-3-13(4-2-12)19-10-14(18)16-9-11-5-7-15-8-6-11/h1-5,15,17H,6-10H2,(H,16,18). The fourth-order valence-electron chi connectivity index (χ4n) is 1.78. The molecule has 2 rings (SSSR count). The predicted molar refractivity (Wildman–Crippen MR) is 77.4 cm³/mol. The van der Waals surface area contributed by atoms with Crippen molar-refractivity contribution in [2.45, 2.75) is 11.3 Å². The second kappa shape index (κ2) is 7.21. The molecule has 1 aliphatic heterocycles. The Morgan fingerprint density at radius 1 is 1.37 bits per heavy atom. The van der Waals surface area contributed by atoms with Gasteiger partial charge in [-0.25, -0.2) is 0 Å². The number of carbonyl (C=O) groups excluding carboxylic acids is 1. The van der Waals surface area contributed by atoms with Gasteiger partial charge >= 0.3 is 0 Å². The molecule has 0 aliphatic carbocycles. The van der Waals surface area contributed by atoms with E-state index in [4.69, 9.17) is 5.11 Å². The molecule has 102 valence electrons. The molecule has 0 saturated carbocycles. The molecule has 1 amide bonds. The zero-order valence-electron chi connectivity index (χ0n) is 10.7. The predicted octanol–water partition coefficient (Wildman–Crippen LogP) is 1.52. The fraction of sp³-hybridized carbons (Fsp3) is 0.357. The SMILES string of the molecule is O=C(CSc1ccc(O)cc1)NCC1=CCNCC1. The third kappa shape index (κ3) is 4.96. The Morgan fingerprint density at radius 3 is 2.84 bits per heavy atom. The molecule has 4 nitrogen and oxygen atoms in total. The average Bonchev–Trinajstić information content (AvgIpc) is 2.45. The van der Waals surface area contributed by atoms with Crippen LogP contribution in [-0.2, 0) is 4.79 Å². The van der Waals surface area contributed by atoms with Crippen LogP contribution in [0, 0.1) is 0 Å². The molecular weight excluding hydrogens is 260 g/mol. The van der Waals surface area contributed by atoms with Crippen LogP contribution in [0.2, 0.25) is 0 Å². The third-order valence-corrected chi connectivity index (χ3v) is 3.89. The second-order valence-electron chi connectivity index (χ2n) is 4.38. The van der Waals surface area contributed by atoms with Crippen LogP contribution >= 0.6 is 11.8 Å². The summed E-state index contributed by atoms with van der Waals surface area (Å²) < 4.78 is 0. The summed E-state index contributed by atoms with van der Waals surface area (Å²) >= 11 is 1.47. The summed E-state index contributed by atoms with van der Waals surface area (Å²) in [6.07, 6.45) is 3.14. The van der Waals surface area contributed by atoms with Gasteiger partial charge in [0.05, 0.1) is 5.75 Å². The molecule has 0 bridgehead atoms. The number of carbonyl (C=O) groups is 1. The number of aromatic hydroxyl groups is 1. The lowest BCUT2D eigenvalue weighted by molar-refractivity contribution is -0.118. The number of amides is 1. The Kier molecular flexibility index (Phi) is 5.30. The van der Waals surface area contributed by atoms with Crippen LogP contribution in [0.3, 0.4) is 0 Å². The number of rotatable bonds is 5. The Bertz CT molecular complexity index is 457. The summed E-state index contributed by atoms with van der Waals surface area (Å²) in [5.41, 5.74) is 1.29. The van der Waals surface area contributed by atoms with Gasteiger partial charge in [0, 0.05) is 18.0 Å². The first kappa shape index (κ1) is 14.0. The maximum absolute atomic E-state index is 11.7. The number of benzene rings is 1. The molecule has 0 fully saturated rings. The molecule has 1 heterocycles. The molecule has 0 aromatic heterocycles. The Labute approximate surface area is 117 Å². The van der Waals surface area contributed by atoms with Crippen LogP contribution in [0.25, 0.3) is 0 Å². The van der Waals surface area contributed by atoms with E-state index in [1.807, 2.05) is 12.1 Å². The van der Waals surface area contributed by atoms with Crippen molar-refractivity contribution in [3.05, 3.63) is 35.9 Å². The van der Waals surface area contributed by atoms with Crippen LogP contribution < -0.4 is 10.6 Å². The van der Waals surface area contributed by atoms with Crippen molar-refractivity contribution < 1.29 is 9.90 Å². The molecular formula is C14H18N2O2S. The highest BCUT2D eigenvalue weighted by Gasteiger charge is 2.06. The maximum atomic E-state index is 11.7. The van der Waals surface area contributed by atoms with Gasteiger partial charge in [-0.2, -0.15) is 0 Å². The van der Waals surface area contributed by atoms with Crippen LogP contribution in [0.5, 0.6) is 5.75 Å². The van der Waals surface area contributed by atoms with Gasteiger partial charge in [-0.15, -0.1) is 11.8 Å². The lowest BCUT2D eigenvalue weighted by Crippen LogP contribution is -2.30. The first-order chi connectivity index (χ1) is 9.24. The van der Waals surface area contributed by atoms with Gasteiger partial charge in [-0.05, 0) is 37.2 Å². The summed E-state index contributed by atoms with van der Waals surface area (Å²) in [4.78, 5) is 12.7. The monoisotopic (exact) mass is 278 g/mol. The Morgan fingerprint density at radius 2 is 2.16 bits per heavy atom. The number of hydrogen-bond donors (Lipinski definition) is 3. The highest BCUT2D eigenvalue weighted by atomic mass is 32.2. The Hall–Kier alpha value is -1.46. The van der Waals surface area contributed by atoms with Gasteiger partial charge < -0.3 is 15.7 Å². The number of thioether (sulfide) groups is 1. The van der Waals surface area contributed by atoms with E-state index in [0.29, 0.717) is 12.3 Å². The van der Waals surface area contributed by atoms with E-state index in [9.17, 15) is 4.79 Å². The van der Waals surface area contributed by atoms with Crippen LogP contribution in [0.1, 0.15) is 6.42 Å². The highest BCUT2D eigenvalue weighted by Crippen LogP contribution is 2.20. The minimum Gasteiger partial charge on any atom is -0.508 e. The molecule has 5 heteroatoms. The molecule has 0 atom stereocenters. The van der Waals surface area contributed by atoms with E-state index in [1.165, 1.54) is 17.3 Å². The van der Waals surface area contributed by atoms with E-state index in [-0.39, 0.29) is 11.7 Å². The zero-order valence-corrected chi connectivity index (χ0v) is 11.5. The highest BCUT2D eigenvalue weighted by molar-refractivity contribution is 8.00. The number of phenols is 1. The molecule has 1 aliphatic rings. The van der Waals surface area contributed by atoms with E-state index >= 15 is 0 Å². The van der Waals surface area contributed by atoms with Crippen LogP contribution in [0.15, 0.2) is 40.8 Å². The number of hydrogen-bond acceptors (Lipinski definition) is 4. The van der Waals surface area contributed by atoms with Crippen molar-refractivity contribution in [2.75, 3.05) is 25.4 Å². The van der Waals surface area contributed by atoms with E-state index < -0.39 is 0 Å². The topological polar surface area (TPSA) is 61.4 Å². The molecule has 0 radical (unpaired) electrons. The van der Waals surface area contributed by atoms with Gasteiger partial charge in [0.1, 0.15) is 5.75 Å². The molecule has 0 saturated heterocycles. The third-order valence-electron chi connectivity index (χ3n) is 2.88. The van der Waals surface area contributed by atoms with Crippen molar-refractivity contribution in [1.82, 2.24) is 10.6 Å². The average molecular weight is 278 g/mol. The molecule has 3 N–H and O–H groups in total. The van der Waals surface area contributed by atoms with Crippen LogP contribution in [-0.4, -0.2) is 36.4 Å². The molecule has 19 heavy (non-hydrogen) atoms. The van der Waals surface area contributed by atoms with E-state index in [0.717, 1.165) is 24.4 Å². The summed E-state index contributed by atoms with van der Waals surface area (Å²) in [6.45, 7) is 2.54. The molecule has 1 aromatic rings. The van der Waals surface area contributed by atoms with Gasteiger partial charge in [0.2, 0.25) is 5.91 Å². The van der Waals surface area contributed by atoms with Crippen molar-refractivity contribution in [3.63, 3.8) is 0 Å². The van der Waals surface area contributed by atoms with E-state index in [2.05, 4.69) is 16.7 Å². The quantitative estimate of drug-likeness (QED) is 0.564. The fourth-order valence-corrected chi connectivity index (χ4v) is 2.51. The van der Waals surface area contributed by atoms with Gasteiger partial charge in [0.25, 0.3) is 0 Å². The van der Waals surface area contributed by atoms with Gasteiger partial charge in [0.15, 0.2) is 0 Å². The minimum absolute atomic E-state index is 0.0394. The summed E-state index contributed by atoms with van der Waals surface area (Å²) in [5, 5.41) is 15.3. The zero-order chi connectivity index (χ0) is 13.5. The lowest BCUT2D eigenvalue weighted by atomic mass is 10.1. The van der Waals surface area contributed by atoms with E-state index in [1.54, 1.807) is 12.1 Å². The maximum Gasteiger partial charge on any atom is 0.230 e. The normalized spacial score (nSPS) is 14.8. The van der Waals surface area contributed by atoms with Gasteiger partial charge in [-0.3, -0.25) is 4.79 Å². The first-order valence-electron chi connectivity index (χ1n) is 6.31. The summed E-state index contributed by atoms with van der Waals surface area (Å²) in [6, 6.07) is 6.87. The van der Waals surface area contributed by atoms with Crippen LogP contribution in [0.4, 0.5) is 0 Å². The summed E-state index contributed by atoms with van der Waals surface area (Å²) in [7, 11) is 0. The first-order valence-corrected chi connectivity index (χ1v) is 7.30. The Balaban J connectivity index is 1.69. The molecule has 0 spiro atoms. The van der Waals surface area contributed by atoms with Crippen molar-refractivity contribution >= 4 is 17.7 Å². The second-order valence-corrected chi connectivity index (χ2v) is 5.42.